The van der Waals surface area contributed by atoms with Crippen LogP contribution in [0.25, 0.3) is 32.2 Å². The predicted molar refractivity (Wildman–Crippen MR) is 163 cm³/mol. The highest BCUT2D eigenvalue weighted by atomic mass is 35.5. The average Bonchev–Trinajstić information content (AvgIpc) is 3.33. The molecule has 234 valence electrons. The normalized spacial score (nSPS) is 14.3. The van der Waals surface area contributed by atoms with Gasteiger partial charge >= 0.3 is 12.2 Å². The highest BCUT2D eigenvalue weighted by molar-refractivity contribution is 7.22. The number of thiazole rings is 1. The summed E-state index contributed by atoms with van der Waals surface area (Å²) in [5.74, 6) is -2.93. The van der Waals surface area contributed by atoms with Crippen LogP contribution in [0.1, 0.15) is 41.5 Å². The van der Waals surface area contributed by atoms with Crippen molar-refractivity contribution in [1.82, 2.24) is 19.9 Å². The zero-order valence-electron chi connectivity index (χ0n) is 24.8. The lowest BCUT2D eigenvalue weighted by atomic mass is 10.0. The molecular weight excluding hydrogens is 621 g/mol. The number of hydrogen-bond donors (Lipinski definition) is 1. The monoisotopic (exact) mass is 650 g/mol. The Bertz CT molecular complexity index is 1780. The molecule has 5 rings (SSSR count). The van der Waals surface area contributed by atoms with Crippen molar-refractivity contribution in [2.45, 2.75) is 52.7 Å². The topological polar surface area (TPSA) is 110 Å². The number of piperazine rings is 1. The lowest BCUT2D eigenvalue weighted by Crippen LogP contribution is -2.50. The molecule has 1 N–H and O–H groups in total. The summed E-state index contributed by atoms with van der Waals surface area (Å²) in [6.07, 6.45) is -0.0663. The molecule has 1 aliphatic heterocycles. The van der Waals surface area contributed by atoms with Crippen LogP contribution in [0.15, 0.2) is 18.5 Å². The minimum atomic E-state index is -1.25. The molecule has 10 nitrogen and oxygen atoms in total. The van der Waals surface area contributed by atoms with Crippen LogP contribution in [-0.4, -0.2) is 69.4 Å². The van der Waals surface area contributed by atoms with Gasteiger partial charge in [0.25, 0.3) is 0 Å². The first kappa shape index (κ1) is 31.5. The van der Waals surface area contributed by atoms with Crippen LogP contribution in [-0.2, 0) is 9.47 Å². The summed E-state index contributed by atoms with van der Waals surface area (Å²) in [4.78, 5) is 41.0. The quantitative estimate of drug-likeness (QED) is 0.245. The molecule has 1 saturated heterocycles. The zero-order chi connectivity index (χ0) is 32.1. The molecule has 0 aliphatic carbocycles. The van der Waals surface area contributed by atoms with Crippen molar-refractivity contribution >= 4 is 67.2 Å². The van der Waals surface area contributed by atoms with E-state index in [2.05, 4.69) is 20.3 Å². The second-order valence-corrected chi connectivity index (χ2v) is 13.5. The summed E-state index contributed by atoms with van der Waals surface area (Å²) in [5.41, 5.74) is -2.00. The second kappa shape index (κ2) is 11.5. The number of ether oxygens (including phenoxy) is 2. The van der Waals surface area contributed by atoms with Crippen LogP contribution >= 0.6 is 22.9 Å². The molecule has 3 heterocycles. The van der Waals surface area contributed by atoms with Gasteiger partial charge in [0.15, 0.2) is 22.6 Å². The van der Waals surface area contributed by atoms with Crippen molar-refractivity contribution in [1.29, 1.82) is 0 Å². The number of carbonyl (C=O) groups is 2. The van der Waals surface area contributed by atoms with Crippen molar-refractivity contribution in [3.63, 3.8) is 0 Å². The van der Waals surface area contributed by atoms with Crippen LogP contribution in [0.3, 0.4) is 0 Å². The third-order valence-electron chi connectivity index (χ3n) is 6.47. The van der Waals surface area contributed by atoms with Gasteiger partial charge in [-0.3, -0.25) is 5.32 Å². The van der Waals surface area contributed by atoms with E-state index >= 15 is 4.39 Å². The van der Waals surface area contributed by atoms with Gasteiger partial charge in [-0.15, -0.1) is 0 Å². The molecule has 1 fully saturated rings. The van der Waals surface area contributed by atoms with Crippen LogP contribution < -0.4 is 10.2 Å². The van der Waals surface area contributed by atoms with Gasteiger partial charge in [-0.1, -0.05) is 22.9 Å². The standard InChI is InChI=1S/C29H30ClF3N6O4S/c1-28(2,3)42-26(40)37-25-36-22-14(12-17(31)19(32)23(22)44-25)18-16(30)11-15-21(20(18)33)34-13-35-24(15)38-7-9-39(10-8-38)27(41)43-29(4,5)6/h11-13H,7-10H2,1-6H3,(H,36,37,40). The minimum absolute atomic E-state index is 0.0764. The van der Waals surface area contributed by atoms with Crippen molar-refractivity contribution in [2.75, 3.05) is 36.4 Å². The van der Waals surface area contributed by atoms with E-state index in [1.54, 1.807) is 46.4 Å². The number of aromatic nitrogens is 3. The molecule has 2 amide bonds. The summed E-state index contributed by atoms with van der Waals surface area (Å²) in [5, 5.41) is 2.52. The minimum Gasteiger partial charge on any atom is -0.444 e. The Balaban J connectivity index is 1.51. The summed E-state index contributed by atoms with van der Waals surface area (Å²) in [7, 11) is 0. The Morgan fingerprint density at radius 1 is 0.932 bits per heavy atom. The van der Waals surface area contributed by atoms with Gasteiger partial charge in [0.2, 0.25) is 0 Å². The van der Waals surface area contributed by atoms with Gasteiger partial charge in [-0.05, 0) is 53.7 Å². The largest absolute Gasteiger partial charge is 0.444 e. The molecule has 15 heteroatoms. The number of halogens is 4. The summed E-state index contributed by atoms with van der Waals surface area (Å²) in [6.45, 7) is 11.9. The SMILES string of the molecule is CC(C)(C)OC(=O)Nc1nc2c(-c3c(Cl)cc4c(N5CCN(C(=O)OC(C)(C)C)CC5)ncnc4c3F)cc(F)c(F)c2s1. The molecule has 0 saturated carbocycles. The van der Waals surface area contributed by atoms with E-state index in [0.29, 0.717) is 48.7 Å². The van der Waals surface area contributed by atoms with E-state index < -0.39 is 40.8 Å². The molecule has 44 heavy (non-hydrogen) atoms. The van der Waals surface area contributed by atoms with Crippen molar-refractivity contribution in [3.8, 4) is 11.1 Å². The van der Waals surface area contributed by atoms with E-state index in [-0.39, 0.29) is 37.0 Å². The fraction of sp³-hybridized carbons (Fsp3) is 0.414. The van der Waals surface area contributed by atoms with E-state index in [9.17, 15) is 18.4 Å². The number of hydrogen-bond acceptors (Lipinski definition) is 9. The van der Waals surface area contributed by atoms with Crippen LogP contribution in [0, 0.1) is 17.5 Å². The van der Waals surface area contributed by atoms with Crippen LogP contribution in [0.5, 0.6) is 0 Å². The molecule has 4 aromatic rings. The number of anilines is 2. The van der Waals surface area contributed by atoms with E-state index in [4.69, 9.17) is 21.1 Å². The lowest BCUT2D eigenvalue weighted by Gasteiger charge is -2.36. The fourth-order valence-electron chi connectivity index (χ4n) is 4.70. The smallest absolute Gasteiger partial charge is 0.413 e. The van der Waals surface area contributed by atoms with Gasteiger partial charge < -0.3 is 19.3 Å². The lowest BCUT2D eigenvalue weighted by molar-refractivity contribution is 0.0240. The van der Waals surface area contributed by atoms with Gasteiger partial charge in [-0.25, -0.2) is 37.7 Å². The number of carbonyl (C=O) groups excluding carboxylic acids is 2. The van der Waals surface area contributed by atoms with Crippen LogP contribution in [0.2, 0.25) is 5.02 Å². The number of nitrogens with zero attached hydrogens (tertiary/aromatic N) is 5. The Kier molecular flexibility index (Phi) is 8.27. The van der Waals surface area contributed by atoms with Crippen molar-refractivity contribution in [3.05, 3.63) is 40.9 Å². The summed E-state index contributed by atoms with van der Waals surface area (Å²) < 4.78 is 56.3. The average molecular weight is 651 g/mol. The van der Waals surface area contributed by atoms with Gasteiger partial charge in [-0.2, -0.15) is 0 Å². The molecule has 0 atom stereocenters. The molecule has 0 radical (unpaired) electrons. The molecule has 0 spiro atoms. The summed E-state index contributed by atoms with van der Waals surface area (Å²) >= 11 is 7.29. The molecule has 0 unspecified atom stereocenters. The summed E-state index contributed by atoms with van der Waals surface area (Å²) in [6, 6.07) is 2.27. The highest BCUT2D eigenvalue weighted by Gasteiger charge is 2.29. The third-order valence-corrected chi connectivity index (χ3v) is 7.73. The molecular formula is C29H30ClF3N6O4S. The third kappa shape index (κ3) is 6.46. The number of nitrogens with one attached hydrogen (secondary N) is 1. The first-order valence-electron chi connectivity index (χ1n) is 13.7. The maximum Gasteiger partial charge on any atom is 0.413 e. The van der Waals surface area contributed by atoms with Crippen molar-refractivity contribution < 1.29 is 32.2 Å². The van der Waals surface area contributed by atoms with Gasteiger partial charge in [0.05, 0.1) is 15.2 Å². The van der Waals surface area contributed by atoms with Crippen molar-refractivity contribution in [2.24, 2.45) is 0 Å². The Morgan fingerprint density at radius 3 is 2.23 bits per heavy atom. The Morgan fingerprint density at radius 2 is 1.59 bits per heavy atom. The first-order valence-corrected chi connectivity index (χ1v) is 14.9. The molecule has 2 aromatic carbocycles. The number of fused-ring (bicyclic) bond motifs is 2. The molecule has 2 aromatic heterocycles. The van der Waals surface area contributed by atoms with Crippen LogP contribution in [0.4, 0.5) is 33.7 Å². The molecule has 0 bridgehead atoms. The molecule has 1 aliphatic rings. The maximum atomic E-state index is 16.3. The van der Waals surface area contributed by atoms with E-state index in [1.807, 2.05) is 4.90 Å². The number of benzene rings is 2. The highest BCUT2D eigenvalue weighted by Crippen LogP contribution is 2.43. The predicted octanol–water partition coefficient (Wildman–Crippen LogP) is 7.38. The maximum absolute atomic E-state index is 16.3. The van der Waals surface area contributed by atoms with Gasteiger partial charge in [0.1, 0.15) is 28.9 Å². The number of rotatable bonds is 3. The van der Waals surface area contributed by atoms with E-state index in [0.717, 1.165) is 6.07 Å². The Hall–Kier alpha value is -3.91. The van der Waals surface area contributed by atoms with E-state index in [1.165, 1.54) is 12.4 Å². The number of amides is 2. The fourth-order valence-corrected chi connectivity index (χ4v) is 5.89. The zero-order valence-corrected chi connectivity index (χ0v) is 26.4. The Labute approximate surface area is 260 Å². The first-order chi connectivity index (χ1) is 20.5. The second-order valence-electron chi connectivity index (χ2n) is 12.1. The van der Waals surface area contributed by atoms with Gasteiger partial charge in [0, 0.05) is 42.7 Å².